The van der Waals surface area contributed by atoms with Crippen LogP contribution in [0.5, 0.6) is 11.5 Å². The number of benzene rings is 2. The van der Waals surface area contributed by atoms with Crippen molar-refractivity contribution in [2.24, 2.45) is 0 Å². The molecule has 1 amide bonds. The lowest BCUT2D eigenvalue weighted by Gasteiger charge is -2.10. The zero-order valence-electron chi connectivity index (χ0n) is 14.7. The third kappa shape index (κ3) is 4.12. The van der Waals surface area contributed by atoms with Crippen LogP contribution in [0.3, 0.4) is 0 Å². The van der Waals surface area contributed by atoms with Crippen molar-refractivity contribution in [2.75, 3.05) is 24.9 Å². The molecule has 0 aliphatic heterocycles. The van der Waals surface area contributed by atoms with E-state index in [1.165, 1.54) is 18.3 Å². The normalized spacial score (nSPS) is 10.3. The largest absolute Gasteiger partial charge is 0.497 e. The zero-order valence-corrected chi connectivity index (χ0v) is 15.5. The van der Waals surface area contributed by atoms with E-state index in [0.717, 1.165) is 33.5 Å². The van der Waals surface area contributed by atoms with Gasteiger partial charge in [-0.3, -0.25) is 4.79 Å². The molecule has 2 aromatic carbocycles. The van der Waals surface area contributed by atoms with Gasteiger partial charge in [0.15, 0.2) is 5.13 Å². The van der Waals surface area contributed by atoms with E-state index in [2.05, 4.69) is 15.6 Å². The van der Waals surface area contributed by atoms with Crippen LogP contribution in [-0.4, -0.2) is 25.1 Å². The maximum atomic E-state index is 11.2. The van der Waals surface area contributed by atoms with Gasteiger partial charge in [0.1, 0.15) is 11.5 Å². The summed E-state index contributed by atoms with van der Waals surface area (Å²) in [5.74, 6) is 1.33. The number of ether oxygens (including phenoxy) is 2. The Bertz CT molecular complexity index is 924. The molecule has 0 atom stereocenters. The molecule has 6 nitrogen and oxygen atoms in total. The van der Waals surface area contributed by atoms with Crippen LogP contribution in [0.25, 0.3) is 11.3 Å². The van der Waals surface area contributed by atoms with Gasteiger partial charge in [-0.2, -0.15) is 0 Å². The molecule has 3 aromatic rings. The number of anilines is 3. The zero-order chi connectivity index (χ0) is 18.5. The van der Waals surface area contributed by atoms with Gasteiger partial charge in [0, 0.05) is 29.6 Å². The number of thiazole rings is 1. The number of methoxy groups -OCH3 is 2. The average Bonchev–Trinajstić information content (AvgIpc) is 3.10. The van der Waals surface area contributed by atoms with Crippen LogP contribution in [0.15, 0.2) is 47.8 Å². The summed E-state index contributed by atoms with van der Waals surface area (Å²) < 4.78 is 10.6. The van der Waals surface area contributed by atoms with E-state index in [-0.39, 0.29) is 5.91 Å². The van der Waals surface area contributed by atoms with E-state index in [0.29, 0.717) is 5.75 Å². The Hall–Kier alpha value is -3.06. The number of rotatable bonds is 6. The van der Waals surface area contributed by atoms with Crippen LogP contribution in [0.4, 0.5) is 16.5 Å². The minimum absolute atomic E-state index is 0.104. The predicted octanol–water partition coefficient (Wildman–Crippen LogP) is 4.53. The molecule has 2 N–H and O–H groups in total. The second-order valence-corrected chi connectivity index (χ2v) is 6.35. The van der Waals surface area contributed by atoms with E-state index in [1.54, 1.807) is 14.2 Å². The maximum Gasteiger partial charge on any atom is 0.221 e. The Morgan fingerprint density at radius 2 is 1.96 bits per heavy atom. The maximum absolute atomic E-state index is 11.2. The van der Waals surface area contributed by atoms with Crippen molar-refractivity contribution in [1.82, 2.24) is 4.98 Å². The number of aromatic nitrogens is 1. The molecule has 0 aliphatic carbocycles. The van der Waals surface area contributed by atoms with Crippen molar-refractivity contribution >= 4 is 33.8 Å². The lowest BCUT2D eigenvalue weighted by atomic mass is 10.1. The SMILES string of the molecule is COc1ccc(OC)c(Nc2nc(-c3cccc(NC(C)=O)c3)cs2)c1. The highest BCUT2D eigenvalue weighted by Gasteiger charge is 2.10. The van der Waals surface area contributed by atoms with Crippen molar-refractivity contribution in [2.45, 2.75) is 6.92 Å². The third-order valence-corrected chi connectivity index (χ3v) is 4.39. The summed E-state index contributed by atoms with van der Waals surface area (Å²) >= 11 is 1.49. The first kappa shape index (κ1) is 17.8. The molecule has 0 unspecified atom stereocenters. The van der Waals surface area contributed by atoms with Crippen LogP contribution in [0, 0.1) is 0 Å². The summed E-state index contributed by atoms with van der Waals surface area (Å²) in [6.07, 6.45) is 0. The second kappa shape index (κ2) is 7.88. The standard InChI is InChI=1S/C19H19N3O3S/c1-12(23)20-14-6-4-5-13(9-14)17-11-26-19(22-17)21-16-10-15(24-2)7-8-18(16)25-3/h4-11H,1-3H3,(H,20,23)(H,21,22). The minimum Gasteiger partial charge on any atom is -0.497 e. The summed E-state index contributed by atoms with van der Waals surface area (Å²) in [6, 6.07) is 13.1. The van der Waals surface area contributed by atoms with Crippen molar-refractivity contribution in [3.8, 4) is 22.8 Å². The third-order valence-electron chi connectivity index (χ3n) is 3.63. The molecule has 0 fully saturated rings. The number of hydrogen-bond acceptors (Lipinski definition) is 6. The lowest BCUT2D eigenvalue weighted by molar-refractivity contribution is -0.114. The quantitative estimate of drug-likeness (QED) is 0.668. The van der Waals surface area contributed by atoms with Gasteiger partial charge in [0.05, 0.1) is 25.6 Å². The highest BCUT2D eigenvalue weighted by atomic mass is 32.1. The van der Waals surface area contributed by atoms with Crippen molar-refractivity contribution in [3.63, 3.8) is 0 Å². The van der Waals surface area contributed by atoms with Crippen molar-refractivity contribution < 1.29 is 14.3 Å². The first-order valence-corrected chi connectivity index (χ1v) is 8.79. The fourth-order valence-corrected chi connectivity index (χ4v) is 3.18. The molecule has 0 aliphatic rings. The minimum atomic E-state index is -0.104. The molecule has 0 saturated carbocycles. The summed E-state index contributed by atoms with van der Waals surface area (Å²) in [5, 5.41) is 8.74. The summed E-state index contributed by atoms with van der Waals surface area (Å²) in [5.41, 5.74) is 3.27. The number of nitrogens with zero attached hydrogens (tertiary/aromatic N) is 1. The fourth-order valence-electron chi connectivity index (χ4n) is 2.45. The summed E-state index contributed by atoms with van der Waals surface area (Å²) in [6.45, 7) is 1.49. The van der Waals surface area contributed by atoms with Crippen molar-refractivity contribution in [3.05, 3.63) is 47.8 Å². The van der Waals surface area contributed by atoms with Gasteiger partial charge in [-0.1, -0.05) is 12.1 Å². The fraction of sp³-hybridized carbons (Fsp3) is 0.158. The van der Waals surface area contributed by atoms with Gasteiger partial charge < -0.3 is 20.1 Å². The molecular formula is C19H19N3O3S. The smallest absolute Gasteiger partial charge is 0.221 e. The van der Waals surface area contributed by atoms with E-state index >= 15 is 0 Å². The van der Waals surface area contributed by atoms with E-state index in [4.69, 9.17) is 9.47 Å². The van der Waals surface area contributed by atoms with Gasteiger partial charge in [-0.15, -0.1) is 11.3 Å². The van der Waals surface area contributed by atoms with Crippen molar-refractivity contribution in [1.29, 1.82) is 0 Å². The Labute approximate surface area is 155 Å². The molecule has 134 valence electrons. The molecule has 0 bridgehead atoms. The summed E-state index contributed by atoms with van der Waals surface area (Å²) in [4.78, 5) is 15.8. The summed E-state index contributed by atoms with van der Waals surface area (Å²) in [7, 11) is 3.24. The van der Waals surface area contributed by atoms with Gasteiger partial charge in [0.2, 0.25) is 5.91 Å². The van der Waals surface area contributed by atoms with Gasteiger partial charge >= 0.3 is 0 Å². The van der Waals surface area contributed by atoms with E-state index in [1.807, 2.05) is 47.8 Å². The van der Waals surface area contributed by atoms with E-state index < -0.39 is 0 Å². The number of carbonyl (C=O) groups is 1. The van der Waals surface area contributed by atoms with Crippen LogP contribution in [-0.2, 0) is 4.79 Å². The number of nitrogens with one attached hydrogen (secondary N) is 2. The number of hydrogen-bond donors (Lipinski definition) is 2. The molecule has 7 heteroatoms. The Morgan fingerprint density at radius 1 is 1.12 bits per heavy atom. The monoisotopic (exact) mass is 369 g/mol. The Kier molecular flexibility index (Phi) is 5.38. The second-order valence-electron chi connectivity index (χ2n) is 5.49. The first-order chi connectivity index (χ1) is 12.6. The Morgan fingerprint density at radius 3 is 2.69 bits per heavy atom. The molecular weight excluding hydrogens is 350 g/mol. The van der Waals surface area contributed by atoms with Crippen LogP contribution in [0.2, 0.25) is 0 Å². The Balaban J connectivity index is 1.84. The van der Waals surface area contributed by atoms with Gasteiger partial charge in [-0.25, -0.2) is 4.98 Å². The highest BCUT2D eigenvalue weighted by Crippen LogP contribution is 2.34. The molecule has 1 aromatic heterocycles. The molecule has 0 saturated heterocycles. The predicted molar refractivity (Wildman–Crippen MR) is 105 cm³/mol. The number of amides is 1. The van der Waals surface area contributed by atoms with Gasteiger partial charge in [-0.05, 0) is 24.3 Å². The first-order valence-electron chi connectivity index (χ1n) is 7.91. The molecule has 0 radical (unpaired) electrons. The van der Waals surface area contributed by atoms with Crippen LogP contribution >= 0.6 is 11.3 Å². The van der Waals surface area contributed by atoms with Crippen LogP contribution < -0.4 is 20.1 Å². The highest BCUT2D eigenvalue weighted by molar-refractivity contribution is 7.14. The molecule has 26 heavy (non-hydrogen) atoms. The molecule has 3 rings (SSSR count). The van der Waals surface area contributed by atoms with E-state index in [9.17, 15) is 4.79 Å². The molecule has 1 heterocycles. The van der Waals surface area contributed by atoms with Gasteiger partial charge in [0.25, 0.3) is 0 Å². The topological polar surface area (TPSA) is 72.5 Å². The number of carbonyl (C=O) groups excluding carboxylic acids is 1. The molecule has 0 spiro atoms. The van der Waals surface area contributed by atoms with Crippen LogP contribution in [0.1, 0.15) is 6.92 Å². The average molecular weight is 369 g/mol. The lowest BCUT2D eigenvalue weighted by Crippen LogP contribution is -2.05.